The Morgan fingerprint density at radius 1 is 1.23 bits per heavy atom. The van der Waals surface area contributed by atoms with Crippen molar-refractivity contribution in [3.63, 3.8) is 0 Å². The molecule has 0 N–H and O–H groups in total. The molecule has 26 heavy (non-hydrogen) atoms. The van der Waals surface area contributed by atoms with Gasteiger partial charge in [-0.1, -0.05) is 6.92 Å². The molecule has 3 fully saturated rings. The van der Waals surface area contributed by atoms with Gasteiger partial charge in [0.15, 0.2) is 0 Å². The molecule has 2 bridgehead atoms. The van der Waals surface area contributed by atoms with Crippen molar-refractivity contribution in [3.05, 3.63) is 48.3 Å². The lowest BCUT2D eigenvalue weighted by atomic mass is 9.95. The number of amides is 1. The van der Waals surface area contributed by atoms with Gasteiger partial charge in [0.1, 0.15) is 5.82 Å². The van der Waals surface area contributed by atoms with Gasteiger partial charge in [0.2, 0.25) is 0 Å². The molecule has 138 valence electrons. The molecular weight excluding hydrogens is 326 g/mol. The number of hydrogen-bond donors (Lipinski definition) is 0. The molecule has 3 saturated heterocycles. The molecule has 2 aromatic heterocycles. The molecule has 2 atom stereocenters. The zero-order chi connectivity index (χ0) is 17.9. The van der Waals surface area contributed by atoms with E-state index in [2.05, 4.69) is 32.6 Å². The zero-order valence-corrected chi connectivity index (χ0v) is 15.4. The molecule has 0 spiro atoms. The molecule has 5 heterocycles. The van der Waals surface area contributed by atoms with Crippen LogP contribution in [0.2, 0.25) is 0 Å². The second-order valence-corrected chi connectivity index (χ2v) is 7.52. The monoisotopic (exact) mass is 353 g/mol. The van der Waals surface area contributed by atoms with Crippen LogP contribution < -0.4 is 0 Å². The summed E-state index contributed by atoms with van der Waals surface area (Å²) < 4.78 is 2.26. The molecule has 0 aromatic carbocycles. The Kier molecular flexibility index (Phi) is 5.02. The molecule has 3 aliphatic heterocycles. The average molecular weight is 353 g/mol. The second kappa shape index (κ2) is 7.58. The summed E-state index contributed by atoms with van der Waals surface area (Å²) >= 11 is 0. The minimum Gasteiger partial charge on any atom is -0.337 e. The third-order valence-corrected chi connectivity index (χ3v) is 5.63. The van der Waals surface area contributed by atoms with Gasteiger partial charge in [-0.3, -0.25) is 14.7 Å². The summed E-state index contributed by atoms with van der Waals surface area (Å²) in [5.41, 5.74) is 0.693. The quantitative estimate of drug-likeness (QED) is 0.828. The van der Waals surface area contributed by atoms with Gasteiger partial charge in [0, 0.05) is 57.0 Å². The first-order chi connectivity index (χ1) is 12.7. The van der Waals surface area contributed by atoms with Gasteiger partial charge >= 0.3 is 0 Å². The van der Waals surface area contributed by atoms with E-state index in [1.54, 1.807) is 12.4 Å². The van der Waals surface area contributed by atoms with Crippen molar-refractivity contribution in [2.24, 2.45) is 5.92 Å². The zero-order valence-electron chi connectivity index (χ0n) is 15.4. The third-order valence-electron chi connectivity index (χ3n) is 5.63. The van der Waals surface area contributed by atoms with Crippen LogP contribution in [0.5, 0.6) is 0 Å². The molecule has 0 radical (unpaired) electrons. The predicted molar refractivity (Wildman–Crippen MR) is 99.6 cm³/mol. The molecule has 6 nitrogen and oxygen atoms in total. The maximum Gasteiger partial charge on any atom is 0.255 e. The van der Waals surface area contributed by atoms with Gasteiger partial charge in [-0.25, -0.2) is 4.98 Å². The Hall–Kier alpha value is -2.21. The van der Waals surface area contributed by atoms with E-state index in [0.29, 0.717) is 17.5 Å². The van der Waals surface area contributed by atoms with Gasteiger partial charge in [0.25, 0.3) is 5.91 Å². The number of piperidine rings is 1. The SMILES string of the molecule is CCCn1ccnc1CN1C[C@H]2CC[C@@H]1CN(C(=O)c1cccnc1)C2. The van der Waals surface area contributed by atoms with Crippen LogP contribution in [0.4, 0.5) is 0 Å². The highest BCUT2D eigenvalue weighted by Gasteiger charge is 2.37. The average Bonchev–Trinajstić information content (AvgIpc) is 2.90. The highest BCUT2D eigenvalue weighted by Crippen LogP contribution is 2.29. The largest absolute Gasteiger partial charge is 0.337 e. The molecule has 0 unspecified atom stereocenters. The lowest BCUT2D eigenvalue weighted by Gasteiger charge is -2.35. The van der Waals surface area contributed by atoms with Crippen molar-refractivity contribution in [2.45, 2.75) is 45.3 Å². The molecule has 0 aliphatic carbocycles. The molecule has 2 aromatic rings. The maximum absolute atomic E-state index is 12.9. The fraction of sp³-hybridized carbons (Fsp3) is 0.550. The van der Waals surface area contributed by atoms with Gasteiger partial charge in [-0.05, 0) is 37.3 Å². The van der Waals surface area contributed by atoms with Crippen LogP contribution >= 0.6 is 0 Å². The van der Waals surface area contributed by atoms with Crippen molar-refractivity contribution in [3.8, 4) is 0 Å². The van der Waals surface area contributed by atoms with E-state index in [-0.39, 0.29) is 5.91 Å². The highest BCUT2D eigenvalue weighted by atomic mass is 16.2. The van der Waals surface area contributed by atoms with Crippen LogP contribution in [0.1, 0.15) is 42.4 Å². The Balaban J connectivity index is 1.48. The van der Waals surface area contributed by atoms with Crippen molar-refractivity contribution in [2.75, 3.05) is 19.6 Å². The van der Waals surface area contributed by atoms with E-state index in [1.807, 2.05) is 23.2 Å². The van der Waals surface area contributed by atoms with Gasteiger partial charge in [0.05, 0.1) is 12.1 Å². The number of carbonyl (C=O) groups is 1. The fourth-order valence-corrected chi connectivity index (χ4v) is 4.33. The van der Waals surface area contributed by atoms with Crippen LogP contribution in [0.25, 0.3) is 0 Å². The number of rotatable bonds is 5. The normalized spacial score (nSPS) is 23.2. The summed E-state index contributed by atoms with van der Waals surface area (Å²) in [7, 11) is 0. The smallest absolute Gasteiger partial charge is 0.255 e. The molecule has 0 saturated carbocycles. The van der Waals surface area contributed by atoms with Crippen LogP contribution in [-0.2, 0) is 13.1 Å². The number of imidazole rings is 1. The van der Waals surface area contributed by atoms with Crippen molar-refractivity contribution in [1.82, 2.24) is 24.3 Å². The summed E-state index contributed by atoms with van der Waals surface area (Å²) in [6.07, 6.45) is 10.9. The Morgan fingerprint density at radius 2 is 2.15 bits per heavy atom. The van der Waals surface area contributed by atoms with E-state index in [4.69, 9.17) is 0 Å². The van der Waals surface area contributed by atoms with Crippen molar-refractivity contribution < 1.29 is 4.79 Å². The topological polar surface area (TPSA) is 54.3 Å². The van der Waals surface area contributed by atoms with E-state index in [1.165, 1.54) is 6.42 Å². The number of carbonyl (C=O) groups excluding carboxylic acids is 1. The van der Waals surface area contributed by atoms with Gasteiger partial charge < -0.3 is 9.47 Å². The molecule has 1 amide bonds. The third kappa shape index (κ3) is 3.51. The predicted octanol–water partition coefficient (Wildman–Crippen LogP) is 2.42. The number of fused-ring (bicyclic) bond motifs is 4. The number of nitrogens with zero attached hydrogens (tertiary/aromatic N) is 5. The lowest BCUT2D eigenvalue weighted by molar-refractivity contribution is 0.0734. The van der Waals surface area contributed by atoms with E-state index < -0.39 is 0 Å². The first kappa shape index (κ1) is 17.2. The first-order valence-corrected chi connectivity index (χ1v) is 9.68. The fourth-order valence-electron chi connectivity index (χ4n) is 4.33. The van der Waals surface area contributed by atoms with Gasteiger partial charge in [-0.2, -0.15) is 0 Å². The number of hydrogen-bond acceptors (Lipinski definition) is 4. The summed E-state index contributed by atoms with van der Waals surface area (Å²) in [5.74, 6) is 1.80. The van der Waals surface area contributed by atoms with E-state index in [9.17, 15) is 4.79 Å². The molecular formula is C20H27N5O. The lowest BCUT2D eigenvalue weighted by Crippen LogP contribution is -2.44. The Labute approximate surface area is 154 Å². The van der Waals surface area contributed by atoms with Crippen molar-refractivity contribution in [1.29, 1.82) is 0 Å². The maximum atomic E-state index is 12.9. The summed E-state index contributed by atoms with van der Waals surface area (Å²) in [4.78, 5) is 26.1. The van der Waals surface area contributed by atoms with E-state index >= 15 is 0 Å². The summed E-state index contributed by atoms with van der Waals surface area (Å²) in [5, 5.41) is 0. The van der Waals surface area contributed by atoms with Crippen molar-refractivity contribution >= 4 is 5.91 Å². The highest BCUT2D eigenvalue weighted by molar-refractivity contribution is 5.93. The second-order valence-electron chi connectivity index (χ2n) is 7.52. The molecule has 6 heteroatoms. The van der Waals surface area contributed by atoms with E-state index in [0.717, 1.165) is 51.4 Å². The standard InChI is InChI=1S/C20H27N5O/c1-2-9-23-10-8-22-19(23)15-24-12-16-5-6-18(24)14-25(13-16)20(26)17-4-3-7-21-11-17/h3-4,7-8,10-11,16,18H,2,5-6,9,12-15H2,1H3/t16-,18-/m1/s1. The first-order valence-electron chi connectivity index (χ1n) is 9.68. The number of aromatic nitrogens is 3. The number of pyridine rings is 1. The molecule has 3 aliphatic rings. The van der Waals surface area contributed by atoms with Crippen LogP contribution in [0.15, 0.2) is 36.9 Å². The minimum absolute atomic E-state index is 0.115. The van der Waals surface area contributed by atoms with Crippen LogP contribution in [0, 0.1) is 5.92 Å². The Morgan fingerprint density at radius 3 is 2.96 bits per heavy atom. The summed E-state index contributed by atoms with van der Waals surface area (Å²) in [6, 6.07) is 4.11. The minimum atomic E-state index is 0.115. The number of aryl methyl sites for hydroxylation is 1. The van der Waals surface area contributed by atoms with Crippen LogP contribution in [0.3, 0.4) is 0 Å². The Bertz CT molecular complexity index is 744. The summed E-state index contributed by atoms with van der Waals surface area (Å²) in [6.45, 7) is 6.80. The van der Waals surface area contributed by atoms with Crippen LogP contribution in [-0.4, -0.2) is 55.9 Å². The van der Waals surface area contributed by atoms with Gasteiger partial charge in [-0.15, -0.1) is 0 Å². The molecule has 5 rings (SSSR count).